The van der Waals surface area contributed by atoms with Gasteiger partial charge in [-0.15, -0.1) is 10.2 Å². The topological polar surface area (TPSA) is 70.1 Å². The predicted octanol–water partition coefficient (Wildman–Crippen LogP) is 1.82. The lowest BCUT2D eigenvalue weighted by atomic mass is 10.3. The number of hydrogen-bond acceptors (Lipinski definition) is 6. The van der Waals surface area contributed by atoms with E-state index in [9.17, 15) is 4.79 Å². The van der Waals surface area contributed by atoms with Crippen molar-refractivity contribution in [3.05, 3.63) is 5.01 Å². The first-order valence-corrected chi connectivity index (χ1v) is 8.02. The van der Waals surface area contributed by atoms with Gasteiger partial charge in [-0.1, -0.05) is 32.1 Å². The Morgan fingerprint density at radius 3 is 2.60 bits per heavy atom. The van der Waals surface area contributed by atoms with Crippen LogP contribution in [0.1, 0.15) is 43.9 Å². The van der Waals surface area contributed by atoms with Gasteiger partial charge in [0.25, 0.3) is 5.91 Å². The molecular weight excluding hydrogens is 274 g/mol. The molecule has 0 aromatic carbocycles. The van der Waals surface area contributed by atoms with E-state index in [1.807, 2.05) is 6.92 Å². The van der Waals surface area contributed by atoms with E-state index in [-0.39, 0.29) is 11.9 Å². The maximum absolute atomic E-state index is 12.1. The van der Waals surface area contributed by atoms with E-state index in [4.69, 9.17) is 0 Å². The lowest BCUT2D eigenvalue weighted by molar-refractivity contribution is 0.0929. The molecule has 1 amide bonds. The summed E-state index contributed by atoms with van der Waals surface area (Å²) in [6.45, 7) is 12.0. The molecule has 0 fully saturated rings. The summed E-state index contributed by atoms with van der Waals surface area (Å²) in [7, 11) is 0. The van der Waals surface area contributed by atoms with Crippen molar-refractivity contribution in [2.24, 2.45) is 0 Å². The summed E-state index contributed by atoms with van der Waals surface area (Å²) in [6, 6.07) is 0.0957. The first-order chi connectivity index (χ1) is 9.60. The summed E-state index contributed by atoms with van der Waals surface area (Å²) < 4.78 is 0. The largest absolute Gasteiger partial charge is 0.360 e. The fraction of sp³-hybridized carbons (Fsp3) is 0.769. The van der Waals surface area contributed by atoms with Gasteiger partial charge in [0.05, 0.1) is 0 Å². The number of carbonyl (C=O) groups is 1. The molecule has 0 aliphatic rings. The van der Waals surface area contributed by atoms with E-state index in [0.29, 0.717) is 10.1 Å². The number of aromatic nitrogens is 2. The Hall–Kier alpha value is -1.21. The first-order valence-electron chi connectivity index (χ1n) is 7.21. The average Bonchev–Trinajstić information content (AvgIpc) is 2.91. The highest BCUT2D eigenvalue weighted by Gasteiger charge is 2.16. The van der Waals surface area contributed by atoms with Gasteiger partial charge in [-0.2, -0.15) is 0 Å². The highest BCUT2D eigenvalue weighted by atomic mass is 32.1. The molecule has 1 aromatic rings. The van der Waals surface area contributed by atoms with Gasteiger partial charge in [0, 0.05) is 19.1 Å². The SMILES string of the molecule is CCCNc1nnc(C(=O)NC(C)CN(CC)CC)s1. The van der Waals surface area contributed by atoms with Crippen LogP contribution in [0.15, 0.2) is 0 Å². The van der Waals surface area contributed by atoms with Gasteiger partial charge in [-0.3, -0.25) is 4.79 Å². The Morgan fingerprint density at radius 2 is 2.00 bits per heavy atom. The number of rotatable bonds is 9. The van der Waals surface area contributed by atoms with Gasteiger partial charge in [0.1, 0.15) is 0 Å². The molecule has 114 valence electrons. The van der Waals surface area contributed by atoms with Crippen LogP contribution in [0.2, 0.25) is 0 Å². The molecule has 0 radical (unpaired) electrons. The second-order valence-electron chi connectivity index (χ2n) is 4.70. The van der Waals surface area contributed by atoms with E-state index in [2.05, 4.69) is 46.5 Å². The fourth-order valence-electron chi connectivity index (χ4n) is 1.82. The van der Waals surface area contributed by atoms with Crippen LogP contribution in [0.3, 0.4) is 0 Å². The molecule has 1 atom stereocenters. The maximum atomic E-state index is 12.1. The summed E-state index contributed by atoms with van der Waals surface area (Å²) in [5.74, 6) is -0.147. The van der Waals surface area contributed by atoms with Crippen LogP contribution in [0.4, 0.5) is 5.13 Å². The van der Waals surface area contributed by atoms with Crippen molar-refractivity contribution in [3.8, 4) is 0 Å². The number of anilines is 1. The smallest absolute Gasteiger partial charge is 0.282 e. The molecule has 6 nitrogen and oxygen atoms in total. The van der Waals surface area contributed by atoms with Gasteiger partial charge in [-0.25, -0.2) is 0 Å². The van der Waals surface area contributed by atoms with Crippen LogP contribution in [0.5, 0.6) is 0 Å². The summed E-state index contributed by atoms with van der Waals surface area (Å²) in [6.07, 6.45) is 1.02. The maximum Gasteiger partial charge on any atom is 0.282 e. The summed E-state index contributed by atoms with van der Waals surface area (Å²) in [5.41, 5.74) is 0. The Bertz CT molecular complexity index is 405. The molecule has 1 heterocycles. The van der Waals surface area contributed by atoms with Crippen LogP contribution in [0.25, 0.3) is 0 Å². The number of carbonyl (C=O) groups excluding carboxylic acids is 1. The standard InChI is InChI=1S/C13H25N5OS/c1-5-8-14-13-17-16-12(20-13)11(19)15-10(4)9-18(6-2)7-3/h10H,5-9H2,1-4H3,(H,14,17)(H,15,19). The number of amides is 1. The van der Waals surface area contributed by atoms with Crippen molar-refractivity contribution in [3.63, 3.8) is 0 Å². The molecule has 2 N–H and O–H groups in total. The Morgan fingerprint density at radius 1 is 1.30 bits per heavy atom. The van der Waals surface area contributed by atoms with Gasteiger partial charge in [0.15, 0.2) is 0 Å². The zero-order valence-electron chi connectivity index (χ0n) is 12.8. The average molecular weight is 299 g/mol. The minimum absolute atomic E-state index is 0.0957. The van der Waals surface area contributed by atoms with Gasteiger partial charge in [0.2, 0.25) is 10.1 Å². The third-order valence-corrected chi connectivity index (χ3v) is 3.83. The van der Waals surface area contributed by atoms with Crippen LogP contribution in [-0.2, 0) is 0 Å². The monoisotopic (exact) mass is 299 g/mol. The highest BCUT2D eigenvalue weighted by molar-refractivity contribution is 7.17. The zero-order chi connectivity index (χ0) is 15.0. The third-order valence-electron chi connectivity index (χ3n) is 2.95. The number of likely N-dealkylation sites (N-methyl/N-ethyl adjacent to an activating group) is 1. The Labute approximate surface area is 125 Å². The van der Waals surface area contributed by atoms with E-state index in [0.717, 1.165) is 32.6 Å². The summed E-state index contributed by atoms with van der Waals surface area (Å²) in [4.78, 5) is 14.3. The van der Waals surface area contributed by atoms with E-state index in [1.165, 1.54) is 11.3 Å². The van der Waals surface area contributed by atoms with Crippen LogP contribution < -0.4 is 10.6 Å². The van der Waals surface area contributed by atoms with E-state index in [1.54, 1.807) is 0 Å². The van der Waals surface area contributed by atoms with Crippen molar-refractivity contribution in [2.45, 2.75) is 40.2 Å². The molecule has 7 heteroatoms. The summed E-state index contributed by atoms with van der Waals surface area (Å²) in [5, 5.41) is 15.1. The van der Waals surface area contributed by atoms with Crippen LogP contribution in [-0.4, -0.2) is 53.2 Å². The second kappa shape index (κ2) is 8.86. The second-order valence-corrected chi connectivity index (χ2v) is 5.68. The predicted molar refractivity (Wildman–Crippen MR) is 83.4 cm³/mol. The summed E-state index contributed by atoms with van der Waals surface area (Å²) >= 11 is 1.29. The van der Waals surface area contributed by atoms with Gasteiger partial charge in [-0.05, 0) is 26.4 Å². The molecule has 0 spiro atoms. The van der Waals surface area contributed by atoms with E-state index < -0.39 is 0 Å². The number of hydrogen-bond donors (Lipinski definition) is 2. The van der Waals surface area contributed by atoms with Crippen molar-refractivity contribution < 1.29 is 4.79 Å². The minimum atomic E-state index is -0.147. The van der Waals surface area contributed by atoms with Crippen molar-refractivity contribution in [2.75, 3.05) is 31.5 Å². The van der Waals surface area contributed by atoms with Crippen molar-refractivity contribution in [1.82, 2.24) is 20.4 Å². The molecule has 20 heavy (non-hydrogen) atoms. The first kappa shape index (κ1) is 16.8. The molecule has 0 saturated heterocycles. The molecule has 0 bridgehead atoms. The number of nitrogens with zero attached hydrogens (tertiary/aromatic N) is 3. The fourth-order valence-corrected chi connectivity index (χ4v) is 2.49. The van der Waals surface area contributed by atoms with Crippen LogP contribution >= 0.6 is 11.3 Å². The van der Waals surface area contributed by atoms with Crippen molar-refractivity contribution >= 4 is 22.4 Å². The molecule has 1 aromatic heterocycles. The lowest BCUT2D eigenvalue weighted by Crippen LogP contribution is -2.41. The molecule has 0 aliphatic heterocycles. The van der Waals surface area contributed by atoms with Gasteiger partial charge >= 0.3 is 0 Å². The van der Waals surface area contributed by atoms with Crippen molar-refractivity contribution in [1.29, 1.82) is 0 Å². The molecule has 1 unspecified atom stereocenters. The Kier molecular flexibility index (Phi) is 7.46. The minimum Gasteiger partial charge on any atom is -0.360 e. The Balaban J connectivity index is 2.47. The lowest BCUT2D eigenvalue weighted by Gasteiger charge is -2.22. The quantitative estimate of drug-likeness (QED) is 0.728. The molecule has 1 rings (SSSR count). The number of nitrogens with one attached hydrogen (secondary N) is 2. The highest BCUT2D eigenvalue weighted by Crippen LogP contribution is 2.14. The van der Waals surface area contributed by atoms with Crippen LogP contribution in [0, 0.1) is 0 Å². The van der Waals surface area contributed by atoms with Gasteiger partial charge < -0.3 is 15.5 Å². The molecular formula is C13H25N5OS. The molecule has 0 saturated carbocycles. The molecule has 0 aliphatic carbocycles. The third kappa shape index (κ3) is 5.42. The van der Waals surface area contributed by atoms with E-state index >= 15 is 0 Å². The normalized spacial score (nSPS) is 12.4. The zero-order valence-corrected chi connectivity index (χ0v) is 13.6.